The number of quaternary nitrogens is 1. The number of carbonyl (C=O) groups excluding carboxylic acids is 1. The van der Waals surface area contributed by atoms with Gasteiger partial charge in [0.25, 0.3) is 0 Å². The second-order valence-electron chi connectivity index (χ2n) is 21.3. The van der Waals surface area contributed by atoms with Crippen LogP contribution in [-0.2, 0) is 18.4 Å². The largest absolute Gasteiger partial charge is 0.472 e. The number of allylic oxidation sites excluding steroid dienone is 8. The molecule has 0 saturated carbocycles. The summed E-state index contributed by atoms with van der Waals surface area (Å²) in [5, 5.41) is 14.0. The lowest BCUT2D eigenvalue weighted by Gasteiger charge is -2.26. The van der Waals surface area contributed by atoms with Gasteiger partial charge in [-0.05, 0) is 51.4 Å². The van der Waals surface area contributed by atoms with Crippen molar-refractivity contribution in [3.63, 3.8) is 0 Å². The molecule has 1 amide bonds. The number of nitrogens with one attached hydrogen (secondary N) is 1. The third-order valence-electron chi connectivity index (χ3n) is 13.3. The smallest absolute Gasteiger partial charge is 0.391 e. The second-order valence-corrected chi connectivity index (χ2v) is 22.8. The van der Waals surface area contributed by atoms with Crippen LogP contribution in [0.4, 0.5) is 0 Å². The Morgan fingerprint density at radius 2 is 0.870 bits per heavy atom. The molecule has 0 fully saturated rings. The molecule has 3 N–H and O–H groups in total. The predicted octanol–water partition coefficient (Wildman–Crippen LogP) is 17.9. The Morgan fingerprint density at radius 1 is 0.507 bits per heavy atom. The van der Waals surface area contributed by atoms with Crippen molar-refractivity contribution in [1.29, 1.82) is 0 Å². The minimum Gasteiger partial charge on any atom is -0.391 e. The van der Waals surface area contributed by atoms with Gasteiger partial charge >= 0.3 is 7.82 Å². The molecule has 0 spiro atoms. The van der Waals surface area contributed by atoms with Gasteiger partial charge < -0.3 is 19.8 Å². The Morgan fingerprint density at radius 3 is 1.28 bits per heavy atom. The number of aliphatic hydroxyl groups excluding tert-OH is 1. The van der Waals surface area contributed by atoms with Gasteiger partial charge in [0.1, 0.15) is 13.2 Å². The van der Waals surface area contributed by atoms with E-state index in [2.05, 4.69) is 67.8 Å². The average Bonchev–Trinajstić information content (AvgIpc) is 3.31. The summed E-state index contributed by atoms with van der Waals surface area (Å²) in [5.74, 6) is -0.141. The van der Waals surface area contributed by atoms with Gasteiger partial charge in [-0.1, -0.05) is 268 Å². The summed E-state index contributed by atoms with van der Waals surface area (Å²) < 4.78 is 23.8. The summed E-state index contributed by atoms with van der Waals surface area (Å²) >= 11 is 0. The molecule has 0 saturated heterocycles. The van der Waals surface area contributed by atoms with Gasteiger partial charge in [0.2, 0.25) is 5.91 Å². The normalized spacial score (nSPS) is 14.2. The molecule has 0 rings (SSSR count). The number of likely N-dealkylation sites (N-methyl/N-ethyl adjacent to an activating group) is 1. The first-order valence-electron chi connectivity index (χ1n) is 29.5. The fourth-order valence-corrected chi connectivity index (χ4v) is 9.48. The standard InChI is InChI=1S/C60H115N2O6P/c1-6-8-10-12-14-16-18-20-22-23-24-25-26-27-28-29-30-31-32-33-34-35-36-37-38-39-40-42-44-46-48-50-52-54-60(64)61-58(57-68-69(65,66)67-56-55-62(3,4)5)59(63)53-51-49-47-45-43-41-21-19-17-15-13-11-9-7-2/h8,10,14,16,20,22,24-25,58-59,63H,6-7,9,11-13,15,17-19,21,23,26-57H2,1-5H3,(H-,61,64,65,66)/p+1/b10-8-,16-14-,22-20-,25-24-. The number of rotatable bonds is 54. The third-order valence-corrected chi connectivity index (χ3v) is 14.3. The first-order chi connectivity index (χ1) is 33.5. The highest BCUT2D eigenvalue weighted by atomic mass is 31.2. The lowest BCUT2D eigenvalue weighted by molar-refractivity contribution is -0.870. The maximum Gasteiger partial charge on any atom is 0.472 e. The fraction of sp³-hybridized carbons (Fsp3) is 0.850. The molecule has 0 bridgehead atoms. The lowest BCUT2D eigenvalue weighted by Crippen LogP contribution is -2.46. The quantitative estimate of drug-likeness (QED) is 0.0243. The summed E-state index contributed by atoms with van der Waals surface area (Å²) in [6, 6.07) is -0.759. The molecule has 0 heterocycles. The van der Waals surface area contributed by atoms with Crippen molar-refractivity contribution in [2.24, 2.45) is 0 Å². The zero-order valence-corrected chi connectivity index (χ0v) is 47.2. The molecule has 0 aliphatic carbocycles. The Hall–Kier alpha value is -1.54. The molecule has 0 aliphatic rings. The van der Waals surface area contributed by atoms with Gasteiger partial charge in [-0.15, -0.1) is 0 Å². The number of amides is 1. The number of phosphoric ester groups is 1. The van der Waals surface area contributed by atoms with Crippen LogP contribution in [0.15, 0.2) is 48.6 Å². The highest BCUT2D eigenvalue weighted by Crippen LogP contribution is 2.43. The highest BCUT2D eigenvalue weighted by Gasteiger charge is 2.28. The zero-order valence-electron chi connectivity index (χ0n) is 46.3. The van der Waals surface area contributed by atoms with Crippen molar-refractivity contribution < 1.29 is 32.9 Å². The number of phosphoric acid groups is 1. The van der Waals surface area contributed by atoms with Gasteiger partial charge in [-0.2, -0.15) is 0 Å². The minimum absolute atomic E-state index is 0.0758. The molecule has 69 heavy (non-hydrogen) atoms. The van der Waals surface area contributed by atoms with Crippen LogP contribution in [0.5, 0.6) is 0 Å². The van der Waals surface area contributed by atoms with Crippen LogP contribution in [0.1, 0.15) is 277 Å². The predicted molar refractivity (Wildman–Crippen MR) is 300 cm³/mol. The van der Waals surface area contributed by atoms with Crippen molar-refractivity contribution in [3.8, 4) is 0 Å². The number of hydrogen-bond acceptors (Lipinski definition) is 5. The first kappa shape index (κ1) is 67.5. The number of nitrogens with zero attached hydrogens (tertiary/aromatic N) is 1. The number of unbranched alkanes of at least 4 members (excludes halogenated alkanes) is 33. The summed E-state index contributed by atoms with van der Waals surface area (Å²) in [6.07, 6.45) is 67.5. The van der Waals surface area contributed by atoms with Crippen molar-refractivity contribution >= 4 is 13.7 Å². The Balaban J connectivity index is 3.98. The van der Waals surface area contributed by atoms with Crippen LogP contribution in [0, 0.1) is 0 Å². The van der Waals surface area contributed by atoms with Crippen LogP contribution in [0.3, 0.4) is 0 Å². The molecule has 8 nitrogen and oxygen atoms in total. The SMILES string of the molecule is CC/C=C\C/C=C\C/C=C\C/C=C\CCCCCCCCCCCCCCCCCCCCCCC(=O)NC(COP(=O)(O)OCC[N+](C)(C)C)C(O)CCCCCCCCCCCCCCCC. The first-order valence-corrected chi connectivity index (χ1v) is 31.0. The van der Waals surface area contributed by atoms with E-state index in [1.165, 1.54) is 186 Å². The minimum atomic E-state index is -4.32. The maximum absolute atomic E-state index is 13.0. The van der Waals surface area contributed by atoms with Gasteiger partial charge in [0, 0.05) is 6.42 Å². The fourth-order valence-electron chi connectivity index (χ4n) is 8.75. The Labute approximate surface area is 429 Å². The van der Waals surface area contributed by atoms with E-state index < -0.39 is 20.0 Å². The summed E-state index contributed by atoms with van der Waals surface area (Å²) in [7, 11) is 1.62. The molecule has 3 unspecified atom stereocenters. The molecule has 0 aromatic rings. The van der Waals surface area contributed by atoms with Crippen molar-refractivity contribution in [2.75, 3.05) is 40.9 Å². The topological polar surface area (TPSA) is 105 Å². The molecule has 0 aliphatic heterocycles. The molecule has 0 radical (unpaired) electrons. The van der Waals surface area contributed by atoms with Crippen LogP contribution in [0.25, 0.3) is 0 Å². The van der Waals surface area contributed by atoms with E-state index in [0.29, 0.717) is 23.9 Å². The van der Waals surface area contributed by atoms with Crippen molar-refractivity contribution in [3.05, 3.63) is 48.6 Å². The van der Waals surface area contributed by atoms with Crippen LogP contribution in [0.2, 0.25) is 0 Å². The van der Waals surface area contributed by atoms with Gasteiger partial charge in [-0.25, -0.2) is 4.57 Å². The number of hydrogen-bond donors (Lipinski definition) is 3. The number of carbonyl (C=O) groups is 1. The summed E-state index contributed by atoms with van der Waals surface area (Å²) in [5.41, 5.74) is 0. The number of aliphatic hydroxyl groups is 1. The van der Waals surface area contributed by atoms with Crippen LogP contribution < -0.4 is 5.32 Å². The Kier molecular flexibility index (Phi) is 50.2. The molecule has 406 valence electrons. The van der Waals surface area contributed by atoms with Crippen LogP contribution >= 0.6 is 7.82 Å². The van der Waals surface area contributed by atoms with Crippen molar-refractivity contribution in [2.45, 2.75) is 289 Å². The molecule has 0 aromatic carbocycles. The van der Waals surface area contributed by atoms with E-state index in [1.807, 2.05) is 21.1 Å². The maximum atomic E-state index is 13.0. The highest BCUT2D eigenvalue weighted by molar-refractivity contribution is 7.47. The van der Waals surface area contributed by atoms with E-state index >= 15 is 0 Å². The van der Waals surface area contributed by atoms with E-state index in [0.717, 1.165) is 64.2 Å². The average molecular weight is 993 g/mol. The van der Waals surface area contributed by atoms with Crippen molar-refractivity contribution in [1.82, 2.24) is 5.32 Å². The molecule has 3 atom stereocenters. The van der Waals surface area contributed by atoms with E-state index in [9.17, 15) is 19.4 Å². The lowest BCUT2D eigenvalue weighted by atomic mass is 10.0. The summed E-state index contributed by atoms with van der Waals surface area (Å²) in [6.45, 7) is 4.80. The summed E-state index contributed by atoms with van der Waals surface area (Å²) in [4.78, 5) is 23.3. The third kappa shape index (κ3) is 54.1. The molecule has 9 heteroatoms. The van der Waals surface area contributed by atoms with E-state index in [4.69, 9.17) is 9.05 Å². The monoisotopic (exact) mass is 992 g/mol. The molecule has 0 aromatic heterocycles. The van der Waals surface area contributed by atoms with Gasteiger partial charge in [-0.3, -0.25) is 13.8 Å². The van der Waals surface area contributed by atoms with Gasteiger partial charge in [0.15, 0.2) is 0 Å². The van der Waals surface area contributed by atoms with Gasteiger partial charge in [0.05, 0.1) is 39.9 Å². The van der Waals surface area contributed by atoms with E-state index in [1.54, 1.807) is 0 Å². The Bertz CT molecular complexity index is 1260. The van der Waals surface area contributed by atoms with Crippen LogP contribution in [-0.4, -0.2) is 73.4 Å². The second kappa shape index (κ2) is 51.4. The molecular formula is C60H116N2O6P+. The van der Waals surface area contributed by atoms with E-state index in [-0.39, 0.29) is 19.1 Å². The molecular weight excluding hydrogens is 876 g/mol. The zero-order chi connectivity index (χ0) is 50.6.